The molecule has 0 aliphatic carbocycles. The first-order valence-electron chi connectivity index (χ1n) is 6.57. The SMILES string of the molecule is COC(=O)C1=C(N)Oc2c(Br)cc(Br)cc2[C@H]1[C@H](C#N)C(=O)OC. The second-order valence-corrected chi connectivity index (χ2v) is 6.56. The van der Waals surface area contributed by atoms with Crippen LogP contribution in [0.4, 0.5) is 0 Å². The highest BCUT2D eigenvalue weighted by atomic mass is 79.9. The van der Waals surface area contributed by atoms with Gasteiger partial charge in [-0.25, -0.2) is 4.79 Å². The molecule has 1 heterocycles. The van der Waals surface area contributed by atoms with Gasteiger partial charge in [0.05, 0.1) is 30.7 Å². The second-order valence-electron chi connectivity index (χ2n) is 4.79. The lowest BCUT2D eigenvalue weighted by Gasteiger charge is -2.30. The summed E-state index contributed by atoms with van der Waals surface area (Å²) in [6.45, 7) is 0. The minimum atomic E-state index is -1.30. The second kappa shape index (κ2) is 7.23. The molecule has 126 valence electrons. The largest absolute Gasteiger partial charge is 0.468 e. The highest BCUT2D eigenvalue weighted by Gasteiger charge is 2.43. The molecule has 0 unspecified atom stereocenters. The van der Waals surface area contributed by atoms with Crippen LogP contribution >= 0.6 is 31.9 Å². The summed E-state index contributed by atoms with van der Waals surface area (Å²) < 4.78 is 16.1. The van der Waals surface area contributed by atoms with Crippen molar-refractivity contribution < 1.29 is 23.8 Å². The molecule has 1 aliphatic rings. The molecule has 0 saturated carbocycles. The fourth-order valence-electron chi connectivity index (χ4n) is 2.47. The van der Waals surface area contributed by atoms with Crippen molar-refractivity contribution >= 4 is 43.8 Å². The summed E-state index contributed by atoms with van der Waals surface area (Å²) in [5.74, 6) is -3.79. The van der Waals surface area contributed by atoms with E-state index in [2.05, 4.69) is 36.6 Å². The monoisotopic (exact) mass is 458 g/mol. The van der Waals surface area contributed by atoms with E-state index in [1.54, 1.807) is 12.1 Å². The number of hydrogen-bond acceptors (Lipinski definition) is 7. The molecule has 1 aromatic rings. The number of ether oxygens (including phenoxy) is 3. The van der Waals surface area contributed by atoms with Crippen molar-refractivity contribution in [2.75, 3.05) is 14.2 Å². The van der Waals surface area contributed by atoms with Gasteiger partial charge in [-0.15, -0.1) is 0 Å². The standard InChI is InChI=1S/C15H12Br2N2O5/c1-22-14(20)8(5-18)10-7-3-6(16)4-9(17)12(7)24-13(19)11(10)15(21)23-2/h3-4,8,10H,19H2,1-2H3/t8-,10-/m0/s1. The fraction of sp³-hybridized carbons (Fsp3) is 0.267. The molecule has 0 amide bonds. The lowest BCUT2D eigenvalue weighted by molar-refractivity contribution is -0.144. The first-order valence-corrected chi connectivity index (χ1v) is 8.16. The van der Waals surface area contributed by atoms with Gasteiger partial charge in [0, 0.05) is 10.0 Å². The number of carbonyl (C=O) groups excluding carboxylic acids is 2. The third-order valence-corrected chi connectivity index (χ3v) is 4.54. The molecule has 0 bridgehead atoms. The number of benzene rings is 1. The first kappa shape index (κ1) is 18.3. The fourth-order valence-corrected chi connectivity index (χ4v) is 3.81. The molecule has 0 spiro atoms. The number of methoxy groups -OCH3 is 2. The van der Waals surface area contributed by atoms with E-state index >= 15 is 0 Å². The summed E-state index contributed by atoms with van der Waals surface area (Å²) in [5.41, 5.74) is 6.19. The van der Waals surface area contributed by atoms with E-state index in [9.17, 15) is 14.9 Å². The average Bonchev–Trinajstić information content (AvgIpc) is 2.55. The topological polar surface area (TPSA) is 112 Å². The Morgan fingerprint density at radius 1 is 1.33 bits per heavy atom. The maximum absolute atomic E-state index is 12.2. The lowest BCUT2D eigenvalue weighted by atomic mass is 9.79. The molecular formula is C15H12Br2N2O5. The quantitative estimate of drug-likeness (QED) is 0.690. The Labute approximate surface area is 154 Å². The molecule has 0 fully saturated rings. The molecule has 0 saturated heterocycles. The van der Waals surface area contributed by atoms with E-state index in [0.717, 1.165) is 7.11 Å². The van der Waals surface area contributed by atoms with Crippen molar-refractivity contribution in [3.63, 3.8) is 0 Å². The van der Waals surface area contributed by atoms with E-state index in [4.69, 9.17) is 15.2 Å². The van der Waals surface area contributed by atoms with Crippen molar-refractivity contribution in [2.45, 2.75) is 5.92 Å². The Balaban J connectivity index is 2.76. The van der Waals surface area contributed by atoms with Crippen LogP contribution in [0.25, 0.3) is 0 Å². The van der Waals surface area contributed by atoms with Crippen LogP contribution in [-0.2, 0) is 19.1 Å². The van der Waals surface area contributed by atoms with Crippen LogP contribution in [0, 0.1) is 17.2 Å². The van der Waals surface area contributed by atoms with Crippen molar-refractivity contribution in [1.29, 1.82) is 5.26 Å². The van der Waals surface area contributed by atoms with Gasteiger partial charge in [-0.2, -0.15) is 5.26 Å². The minimum absolute atomic E-state index is 0.105. The van der Waals surface area contributed by atoms with Crippen molar-refractivity contribution in [3.8, 4) is 11.8 Å². The Morgan fingerprint density at radius 3 is 2.54 bits per heavy atom. The Morgan fingerprint density at radius 2 is 2.00 bits per heavy atom. The van der Waals surface area contributed by atoms with Crippen molar-refractivity contribution in [2.24, 2.45) is 11.7 Å². The summed E-state index contributed by atoms with van der Waals surface area (Å²) in [6.07, 6.45) is 0. The number of nitrogens with zero attached hydrogens (tertiary/aromatic N) is 1. The maximum atomic E-state index is 12.2. The highest BCUT2D eigenvalue weighted by molar-refractivity contribution is 9.11. The van der Waals surface area contributed by atoms with Crippen molar-refractivity contribution in [1.82, 2.24) is 0 Å². The van der Waals surface area contributed by atoms with Crippen molar-refractivity contribution in [3.05, 3.63) is 38.1 Å². The highest BCUT2D eigenvalue weighted by Crippen LogP contribution is 2.47. The van der Waals surface area contributed by atoms with Crippen LogP contribution in [0.5, 0.6) is 5.75 Å². The molecule has 1 aromatic carbocycles. The maximum Gasteiger partial charge on any atom is 0.339 e. The van der Waals surface area contributed by atoms with Gasteiger partial charge in [0.25, 0.3) is 0 Å². The van der Waals surface area contributed by atoms with Gasteiger partial charge in [0.2, 0.25) is 5.88 Å². The van der Waals surface area contributed by atoms with E-state index in [0.29, 0.717) is 20.3 Å². The van der Waals surface area contributed by atoms with Gasteiger partial charge in [-0.3, -0.25) is 4.79 Å². The number of fused-ring (bicyclic) bond motifs is 1. The van der Waals surface area contributed by atoms with Gasteiger partial charge in [-0.05, 0) is 28.1 Å². The Bertz CT molecular complexity index is 785. The molecule has 9 heteroatoms. The summed E-state index contributed by atoms with van der Waals surface area (Å²) in [6, 6.07) is 5.23. The molecular weight excluding hydrogens is 448 g/mol. The number of halogens is 2. The Kier molecular flexibility index (Phi) is 5.51. The number of carbonyl (C=O) groups is 2. The molecule has 2 rings (SSSR count). The zero-order valence-electron chi connectivity index (χ0n) is 12.6. The number of nitrogens with two attached hydrogens (primary N) is 1. The molecule has 2 atom stereocenters. The molecule has 0 radical (unpaired) electrons. The molecule has 0 aromatic heterocycles. The van der Waals surface area contributed by atoms with Crippen LogP contribution in [0.2, 0.25) is 0 Å². The van der Waals surface area contributed by atoms with Crippen LogP contribution in [0.3, 0.4) is 0 Å². The van der Waals surface area contributed by atoms with Crippen LogP contribution in [0.15, 0.2) is 32.5 Å². The van der Waals surface area contributed by atoms with Gasteiger partial charge >= 0.3 is 11.9 Å². The molecule has 7 nitrogen and oxygen atoms in total. The van der Waals surface area contributed by atoms with Gasteiger partial charge in [-0.1, -0.05) is 15.9 Å². The summed E-state index contributed by atoms with van der Waals surface area (Å²) >= 11 is 6.67. The number of hydrogen-bond donors (Lipinski definition) is 1. The predicted octanol–water partition coefficient (Wildman–Crippen LogP) is 2.34. The van der Waals surface area contributed by atoms with Gasteiger partial charge in [0.1, 0.15) is 11.3 Å². The third kappa shape index (κ3) is 3.12. The minimum Gasteiger partial charge on any atom is -0.468 e. The van der Waals surface area contributed by atoms with E-state index in [1.165, 1.54) is 7.11 Å². The Hall–Kier alpha value is -2.05. The van der Waals surface area contributed by atoms with Crippen LogP contribution in [0.1, 0.15) is 11.5 Å². The normalized spacial score (nSPS) is 17.2. The van der Waals surface area contributed by atoms with Crippen LogP contribution in [-0.4, -0.2) is 26.2 Å². The van der Waals surface area contributed by atoms with E-state index in [1.807, 2.05) is 6.07 Å². The third-order valence-electron chi connectivity index (χ3n) is 3.49. The summed E-state index contributed by atoms with van der Waals surface area (Å²) in [7, 11) is 2.33. The zero-order chi connectivity index (χ0) is 18.0. The molecule has 1 aliphatic heterocycles. The summed E-state index contributed by atoms with van der Waals surface area (Å²) in [4.78, 5) is 24.2. The van der Waals surface area contributed by atoms with Crippen LogP contribution < -0.4 is 10.5 Å². The predicted molar refractivity (Wildman–Crippen MR) is 89.6 cm³/mol. The average molecular weight is 460 g/mol. The number of rotatable bonds is 3. The summed E-state index contributed by atoms with van der Waals surface area (Å²) in [5, 5.41) is 9.47. The first-order chi connectivity index (χ1) is 11.3. The molecule has 24 heavy (non-hydrogen) atoms. The zero-order valence-corrected chi connectivity index (χ0v) is 15.8. The van der Waals surface area contributed by atoms with Gasteiger partial charge < -0.3 is 19.9 Å². The smallest absolute Gasteiger partial charge is 0.339 e. The van der Waals surface area contributed by atoms with E-state index < -0.39 is 23.8 Å². The number of nitriles is 1. The number of esters is 2. The molecule has 2 N–H and O–H groups in total. The lowest BCUT2D eigenvalue weighted by Crippen LogP contribution is -2.33. The van der Waals surface area contributed by atoms with E-state index in [-0.39, 0.29) is 11.5 Å². The van der Waals surface area contributed by atoms with Gasteiger partial charge in [0.15, 0.2) is 5.92 Å².